The first-order valence-electron chi connectivity index (χ1n) is 10.3. The van der Waals surface area contributed by atoms with E-state index in [0.717, 1.165) is 33.8 Å². The lowest BCUT2D eigenvalue weighted by Gasteiger charge is -2.25. The van der Waals surface area contributed by atoms with Gasteiger partial charge in [0.1, 0.15) is 10.7 Å². The summed E-state index contributed by atoms with van der Waals surface area (Å²) in [5, 5.41) is 11.4. The number of thiophene rings is 1. The number of benzene rings is 1. The summed E-state index contributed by atoms with van der Waals surface area (Å²) in [6, 6.07) is 10.0. The van der Waals surface area contributed by atoms with Gasteiger partial charge in [0, 0.05) is 11.4 Å². The van der Waals surface area contributed by atoms with Gasteiger partial charge in [-0.1, -0.05) is 44.2 Å². The summed E-state index contributed by atoms with van der Waals surface area (Å²) in [7, 11) is 0. The zero-order chi connectivity index (χ0) is 21.0. The van der Waals surface area contributed by atoms with Crippen LogP contribution in [0.5, 0.6) is 0 Å². The molecule has 156 valence electrons. The smallest absolute Gasteiger partial charge is 0.259 e. The van der Waals surface area contributed by atoms with Gasteiger partial charge in [-0.05, 0) is 50.3 Å². The normalized spacial score (nSPS) is 12.9. The van der Waals surface area contributed by atoms with E-state index in [-0.39, 0.29) is 5.56 Å². The number of rotatable bonds is 9. The molecule has 0 aliphatic heterocycles. The van der Waals surface area contributed by atoms with Gasteiger partial charge in [0.15, 0.2) is 0 Å². The summed E-state index contributed by atoms with van der Waals surface area (Å²) in [6.45, 7) is 10.3. The highest BCUT2D eigenvalue weighted by Gasteiger charge is 2.17. The summed E-state index contributed by atoms with van der Waals surface area (Å²) in [5.41, 5.74) is 2.07. The molecule has 0 saturated heterocycles. The minimum Gasteiger partial charge on any atom is -0.391 e. The first-order valence-corrected chi connectivity index (χ1v) is 11.1. The number of aromatic amines is 1. The van der Waals surface area contributed by atoms with Crippen molar-refractivity contribution in [3.8, 4) is 0 Å². The van der Waals surface area contributed by atoms with Crippen LogP contribution < -0.4 is 5.56 Å². The van der Waals surface area contributed by atoms with E-state index < -0.39 is 6.10 Å². The predicted molar refractivity (Wildman–Crippen MR) is 121 cm³/mol. The molecule has 2 N–H and O–H groups in total. The lowest BCUT2D eigenvalue weighted by atomic mass is 10.1. The Balaban J connectivity index is 1.76. The maximum atomic E-state index is 12.6. The number of H-pyrrole nitrogens is 1. The highest BCUT2D eigenvalue weighted by atomic mass is 32.1. The van der Waals surface area contributed by atoms with Gasteiger partial charge in [0.2, 0.25) is 0 Å². The second-order valence-electron chi connectivity index (χ2n) is 8.24. The molecule has 2 aromatic heterocycles. The van der Waals surface area contributed by atoms with Crippen LogP contribution in [0, 0.1) is 19.8 Å². The van der Waals surface area contributed by atoms with Crippen LogP contribution in [0.2, 0.25) is 0 Å². The lowest BCUT2D eigenvalue weighted by molar-refractivity contribution is 0.104. The molecule has 1 aromatic carbocycles. The van der Waals surface area contributed by atoms with E-state index in [4.69, 9.17) is 4.98 Å². The van der Waals surface area contributed by atoms with Crippen LogP contribution in [0.4, 0.5) is 0 Å². The maximum absolute atomic E-state index is 12.6. The van der Waals surface area contributed by atoms with Crippen molar-refractivity contribution in [1.29, 1.82) is 0 Å². The third-order valence-electron chi connectivity index (χ3n) is 5.27. The molecule has 5 nitrogen and oxygen atoms in total. The van der Waals surface area contributed by atoms with Crippen LogP contribution in [0.3, 0.4) is 0 Å². The largest absolute Gasteiger partial charge is 0.391 e. The Morgan fingerprint density at radius 2 is 1.93 bits per heavy atom. The van der Waals surface area contributed by atoms with Gasteiger partial charge in [-0.25, -0.2) is 4.98 Å². The average molecular weight is 414 g/mol. The van der Waals surface area contributed by atoms with E-state index in [2.05, 4.69) is 23.7 Å². The van der Waals surface area contributed by atoms with Gasteiger partial charge in [0.05, 0.1) is 18.0 Å². The molecule has 0 spiro atoms. The van der Waals surface area contributed by atoms with E-state index in [1.165, 1.54) is 0 Å². The molecule has 0 amide bonds. The van der Waals surface area contributed by atoms with Gasteiger partial charge in [-0.3, -0.25) is 9.69 Å². The van der Waals surface area contributed by atoms with Gasteiger partial charge < -0.3 is 10.1 Å². The molecule has 0 aliphatic rings. The SMILES string of the molecule is Cc1sc2nc(CN(CCC(C)C)C[C@H](O)Cc3ccccc3)[nH]c(=O)c2c1C. The Labute approximate surface area is 176 Å². The second kappa shape index (κ2) is 9.65. The summed E-state index contributed by atoms with van der Waals surface area (Å²) >= 11 is 1.57. The molecule has 3 rings (SSSR count). The van der Waals surface area contributed by atoms with Crippen molar-refractivity contribution in [2.75, 3.05) is 13.1 Å². The van der Waals surface area contributed by atoms with Crippen molar-refractivity contribution in [1.82, 2.24) is 14.9 Å². The lowest BCUT2D eigenvalue weighted by Crippen LogP contribution is -2.35. The summed E-state index contributed by atoms with van der Waals surface area (Å²) in [4.78, 5) is 24.4. The predicted octanol–water partition coefficient (Wildman–Crippen LogP) is 4.05. The van der Waals surface area contributed by atoms with E-state index in [9.17, 15) is 9.90 Å². The number of aliphatic hydroxyl groups excluding tert-OH is 1. The van der Waals surface area contributed by atoms with Crippen LogP contribution in [0.1, 0.15) is 42.1 Å². The number of nitrogens with one attached hydrogen (secondary N) is 1. The number of hydrogen-bond acceptors (Lipinski definition) is 5. The van der Waals surface area contributed by atoms with Gasteiger partial charge >= 0.3 is 0 Å². The quantitative estimate of drug-likeness (QED) is 0.555. The van der Waals surface area contributed by atoms with Crippen LogP contribution in [-0.2, 0) is 13.0 Å². The third kappa shape index (κ3) is 5.75. The number of fused-ring (bicyclic) bond motifs is 1. The average Bonchev–Trinajstić information content (AvgIpc) is 2.94. The van der Waals surface area contributed by atoms with E-state index in [1.807, 2.05) is 44.2 Å². The van der Waals surface area contributed by atoms with Gasteiger partial charge in [-0.2, -0.15) is 0 Å². The Kier molecular flexibility index (Phi) is 7.22. The van der Waals surface area contributed by atoms with Crippen LogP contribution in [-0.4, -0.2) is 39.2 Å². The molecule has 0 fully saturated rings. The van der Waals surface area contributed by atoms with Crippen molar-refractivity contribution in [2.24, 2.45) is 5.92 Å². The minimum atomic E-state index is -0.466. The van der Waals surface area contributed by atoms with Crippen LogP contribution in [0.25, 0.3) is 10.2 Å². The molecule has 3 aromatic rings. The fourth-order valence-electron chi connectivity index (χ4n) is 3.51. The van der Waals surface area contributed by atoms with Crippen molar-refractivity contribution < 1.29 is 5.11 Å². The van der Waals surface area contributed by atoms with E-state index in [1.54, 1.807) is 11.3 Å². The zero-order valence-electron chi connectivity index (χ0n) is 17.7. The molecule has 29 heavy (non-hydrogen) atoms. The Bertz CT molecular complexity index is 995. The van der Waals surface area contributed by atoms with E-state index in [0.29, 0.717) is 36.6 Å². The first kappa shape index (κ1) is 21.7. The standard InChI is InChI=1S/C23H31N3O2S/c1-15(2)10-11-26(13-19(27)12-18-8-6-5-7-9-18)14-20-24-22(28)21-16(3)17(4)29-23(21)25-20/h5-9,15,19,27H,10-14H2,1-4H3,(H,24,25,28)/t19-/m1/s1. The number of aromatic nitrogens is 2. The third-order valence-corrected chi connectivity index (χ3v) is 6.37. The number of hydrogen-bond donors (Lipinski definition) is 2. The first-order chi connectivity index (χ1) is 13.8. The van der Waals surface area contributed by atoms with Gasteiger partial charge in [0.25, 0.3) is 5.56 Å². The minimum absolute atomic E-state index is 0.0690. The molecule has 2 heterocycles. The Hall–Kier alpha value is -2.02. The summed E-state index contributed by atoms with van der Waals surface area (Å²) in [5.74, 6) is 1.24. The zero-order valence-corrected chi connectivity index (χ0v) is 18.6. The molecule has 0 unspecified atom stereocenters. The van der Waals surface area contributed by atoms with Crippen molar-refractivity contribution in [3.05, 3.63) is 62.5 Å². The highest BCUT2D eigenvalue weighted by molar-refractivity contribution is 7.18. The van der Waals surface area contributed by atoms with Gasteiger partial charge in [-0.15, -0.1) is 11.3 Å². The molecule has 0 bridgehead atoms. The summed E-state index contributed by atoms with van der Waals surface area (Å²) in [6.07, 6.45) is 1.18. The molecular weight excluding hydrogens is 382 g/mol. The van der Waals surface area contributed by atoms with Crippen molar-refractivity contribution in [3.63, 3.8) is 0 Å². The Morgan fingerprint density at radius 1 is 1.21 bits per heavy atom. The van der Waals surface area contributed by atoms with Crippen LogP contribution >= 0.6 is 11.3 Å². The molecule has 0 radical (unpaired) electrons. The number of aliphatic hydroxyl groups is 1. The van der Waals surface area contributed by atoms with Crippen molar-refractivity contribution in [2.45, 2.75) is 53.2 Å². The molecule has 0 aliphatic carbocycles. The molecule has 0 saturated carbocycles. The van der Waals surface area contributed by atoms with E-state index >= 15 is 0 Å². The molecule has 6 heteroatoms. The topological polar surface area (TPSA) is 69.2 Å². The fraction of sp³-hybridized carbons (Fsp3) is 0.478. The second-order valence-corrected chi connectivity index (χ2v) is 9.44. The Morgan fingerprint density at radius 3 is 2.62 bits per heavy atom. The molecular formula is C23H31N3O2S. The monoisotopic (exact) mass is 413 g/mol. The summed E-state index contributed by atoms with van der Waals surface area (Å²) < 4.78 is 0. The molecule has 1 atom stereocenters. The fourth-order valence-corrected chi connectivity index (χ4v) is 4.56. The van der Waals surface area contributed by atoms with Crippen LogP contribution in [0.15, 0.2) is 35.1 Å². The van der Waals surface area contributed by atoms with Crippen molar-refractivity contribution >= 4 is 21.6 Å². The maximum Gasteiger partial charge on any atom is 0.259 e. The highest BCUT2D eigenvalue weighted by Crippen LogP contribution is 2.25. The number of nitrogens with zero attached hydrogens (tertiary/aromatic N) is 2. The number of aryl methyl sites for hydroxylation is 2.